The first kappa shape index (κ1) is 17.9. The third-order valence-electron chi connectivity index (χ3n) is 3.63. The van der Waals surface area contributed by atoms with Gasteiger partial charge in [-0.2, -0.15) is 0 Å². The van der Waals surface area contributed by atoms with E-state index in [9.17, 15) is 13.2 Å². The molecule has 1 aliphatic heterocycles. The fourth-order valence-corrected chi connectivity index (χ4v) is 3.26. The molecule has 1 aromatic rings. The molecule has 7 nitrogen and oxygen atoms in total. The molecule has 1 atom stereocenters. The lowest BCUT2D eigenvalue weighted by Gasteiger charge is -2.24. The molecule has 1 amide bonds. The molecule has 0 bridgehead atoms. The van der Waals surface area contributed by atoms with Gasteiger partial charge in [0.1, 0.15) is 5.75 Å². The van der Waals surface area contributed by atoms with Crippen molar-refractivity contribution < 1.29 is 17.9 Å². The molecule has 1 aliphatic rings. The predicted octanol–water partition coefficient (Wildman–Crippen LogP) is 0.559. The van der Waals surface area contributed by atoms with Crippen molar-refractivity contribution in [2.75, 3.05) is 31.8 Å². The summed E-state index contributed by atoms with van der Waals surface area (Å²) in [5.41, 5.74) is 0.915. The maximum Gasteiger partial charge on any atom is 0.238 e. The predicted molar refractivity (Wildman–Crippen MR) is 86.5 cm³/mol. The Labute approximate surface area is 137 Å². The minimum Gasteiger partial charge on any atom is -0.381 e. The molecule has 23 heavy (non-hydrogen) atoms. The van der Waals surface area contributed by atoms with Crippen LogP contribution in [-0.2, 0) is 32.5 Å². The molecule has 2 heterocycles. The number of carbonyl (C=O) groups is 1. The topological polar surface area (TPSA) is 81.5 Å². The zero-order chi connectivity index (χ0) is 17.0. The highest BCUT2D eigenvalue weighted by Gasteiger charge is 2.27. The second kappa shape index (κ2) is 7.44. The molecule has 0 N–H and O–H groups in total. The number of ether oxygens (including phenoxy) is 1. The number of fused-ring (bicyclic) bond motifs is 1. The van der Waals surface area contributed by atoms with Gasteiger partial charge in [-0.25, -0.2) is 13.4 Å². The highest BCUT2D eigenvalue weighted by Crippen LogP contribution is 2.17. The fraction of sp³-hybridized carbons (Fsp3) is 0.733. The van der Waals surface area contributed by atoms with Crippen molar-refractivity contribution in [2.24, 2.45) is 11.8 Å². The van der Waals surface area contributed by atoms with Gasteiger partial charge in [-0.15, -0.1) is 0 Å². The second-order valence-corrected chi connectivity index (χ2v) is 8.82. The number of sulfone groups is 1. The summed E-state index contributed by atoms with van der Waals surface area (Å²) in [5.74, 6) is -0.253. The zero-order valence-electron chi connectivity index (χ0n) is 13.9. The smallest absolute Gasteiger partial charge is 0.238 e. The van der Waals surface area contributed by atoms with Crippen LogP contribution in [-0.4, -0.2) is 60.5 Å². The van der Waals surface area contributed by atoms with Gasteiger partial charge in [-0.1, -0.05) is 13.8 Å². The van der Waals surface area contributed by atoms with E-state index in [0.29, 0.717) is 32.2 Å². The monoisotopic (exact) mass is 343 g/mol. The molecule has 0 spiro atoms. The Hall–Kier alpha value is -1.41. The van der Waals surface area contributed by atoms with Gasteiger partial charge in [0.25, 0.3) is 0 Å². The summed E-state index contributed by atoms with van der Waals surface area (Å²) in [5, 5.41) is 0. The first-order valence-corrected chi connectivity index (χ1v) is 9.83. The molecular weight excluding hydrogens is 318 g/mol. The van der Waals surface area contributed by atoms with E-state index in [-0.39, 0.29) is 11.8 Å². The Bertz CT molecular complexity index is 639. The van der Waals surface area contributed by atoms with Crippen LogP contribution in [0.25, 0.3) is 0 Å². The SMILES string of the molecule is CC(C)COC[C@@H]1CN(C(=O)CS(C)(=O)=O)Cc2cncn2C1. The highest BCUT2D eigenvalue weighted by atomic mass is 32.2. The Morgan fingerprint density at radius 1 is 1.43 bits per heavy atom. The molecule has 0 radical (unpaired) electrons. The summed E-state index contributed by atoms with van der Waals surface area (Å²) in [6.45, 7) is 6.98. The number of hydrogen-bond donors (Lipinski definition) is 0. The third kappa shape index (κ3) is 5.62. The Morgan fingerprint density at radius 3 is 2.83 bits per heavy atom. The lowest BCUT2D eigenvalue weighted by molar-refractivity contribution is -0.129. The third-order valence-corrected chi connectivity index (χ3v) is 4.40. The lowest BCUT2D eigenvalue weighted by Crippen LogP contribution is -2.38. The average Bonchev–Trinajstić information content (AvgIpc) is 2.75. The largest absolute Gasteiger partial charge is 0.381 e. The number of imidazole rings is 1. The molecule has 0 saturated heterocycles. The molecule has 8 heteroatoms. The van der Waals surface area contributed by atoms with Crippen LogP contribution in [0.3, 0.4) is 0 Å². The van der Waals surface area contributed by atoms with E-state index in [2.05, 4.69) is 18.8 Å². The molecule has 0 aromatic carbocycles. The van der Waals surface area contributed by atoms with Gasteiger partial charge in [0.2, 0.25) is 5.91 Å². The van der Waals surface area contributed by atoms with Crippen LogP contribution >= 0.6 is 0 Å². The lowest BCUT2D eigenvalue weighted by atomic mass is 10.1. The van der Waals surface area contributed by atoms with E-state index in [1.165, 1.54) is 0 Å². The molecular formula is C15H25N3O4S. The van der Waals surface area contributed by atoms with Crippen molar-refractivity contribution in [2.45, 2.75) is 26.9 Å². The Balaban J connectivity index is 2.08. The van der Waals surface area contributed by atoms with Crippen LogP contribution in [0.4, 0.5) is 0 Å². The number of aromatic nitrogens is 2. The van der Waals surface area contributed by atoms with Crippen LogP contribution in [0.1, 0.15) is 19.5 Å². The number of carbonyl (C=O) groups excluding carboxylic acids is 1. The molecule has 0 fully saturated rings. The number of hydrogen-bond acceptors (Lipinski definition) is 5. The maximum absolute atomic E-state index is 12.3. The van der Waals surface area contributed by atoms with Crippen molar-refractivity contribution in [3.8, 4) is 0 Å². The van der Waals surface area contributed by atoms with E-state index in [1.807, 2.05) is 4.57 Å². The number of rotatable bonds is 6. The summed E-state index contributed by atoms with van der Waals surface area (Å²) in [6, 6.07) is 0. The van der Waals surface area contributed by atoms with Crippen molar-refractivity contribution in [3.63, 3.8) is 0 Å². The van der Waals surface area contributed by atoms with Gasteiger partial charge >= 0.3 is 0 Å². The summed E-state index contributed by atoms with van der Waals surface area (Å²) in [4.78, 5) is 18.0. The average molecular weight is 343 g/mol. The zero-order valence-corrected chi connectivity index (χ0v) is 14.8. The van der Waals surface area contributed by atoms with Gasteiger partial charge in [0.15, 0.2) is 9.84 Å². The van der Waals surface area contributed by atoms with E-state index in [4.69, 9.17) is 4.74 Å². The van der Waals surface area contributed by atoms with Gasteiger partial charge < -0.3 is 14.2 Å². The van der Waals surface area contributed by atoms with Crippen molar-refractivity contribution >= 4 is 15.7 Å². The summed E-state index contributed by atoms with van der Waals surface area (Å²) in [6.07, 6.45) is 4.55. The van der Waals surface area contributed by atoms with Crippen LogP contribution in [0.15, 0.2) is 12.5 Å². The summed E-state index contributed by atoms with van der Waals surface area (Å²) >= 11 is 0. The van der Waals surface area contributed by atoms with Gasteiger partial charge in [-0.05, 0) is 5.92 Å². The first-order valence-electron chi connectivity index (χ1n) is 7.77. The normalized spacial score (nSPS) is 18.8. The van der Waals surface area contributed by atoms with Crippen LogP contribution < -0.4 is 0 Å². The van der Waals surface area contributed by atoms with Gasteiger partial charge in [-0.3, -0.25) is 4.79 Å². The maximum atomic E-state index is 12.3. The second-order valence-electron chi connectivity index (χ2n) is 6.68. The first-order chi connectivity index (χ1) is 10.7. The molecule has 130 valence electrons. The minimum atomic E-state index is -3.34. The van der Waals surface area contributed by atoms with Gasteiger partial charge in [0.05, 0.1) is 25.2 Å². The standard InChI is InChI=1S/C15H25N3O4S/c1-12(2)8-22-9-13-5-17(15(19)10-23(3,20)21)7-14-4-16-11-18(14)6-13/h4,11-13H,5-10H2,1-3H3/t13-/m1/s1. The van der Waals surface area contributed by atoms with E-state index in [1.54, 1.807) is 17.4 Å². The van der Waals surface area contributed by atoms with Crippen LogP contribution in [0, 0.1) is 11.8 Å². The summed E-state index contributed by atoms with van der Waals surface area (Å²) < 4.78 is 30.5. The molecule has 0 saturated carbocycles. The molecule has 2 rings (SSSR count). The van der Waals surface area contributed by atoms with E-state index in [0.717, 1.165) is 18.5 Å². The quantitative estimate of drug-likeness (QED) is 0.754. The number of amides is 1. The van der Waals surface area contributed by atoms with Crippen LogP contribution in [0.2, 0.25) is 0 Å². The minimum absolute atomic E-state index is 0.118. The van der Waals surface area contributed by atoms with Crippen molar-refractivity contribution in [1.82, 2.24) is 14.5 Å². The highest BCUT2D eigenvalue weighted by molar-refractivity contribution is 7.91. The van der Waals surface area contributed by atoms with E-state index < -0.39 is 15.6 Å². The molecule has 0 unspecified atom stereocenters. The van der Waals surface area contributed by atoms with Crippen LogP contribution in [0.5, 0.6) is 0 Å². The molecule has 1 aromatic heterocycles. The van der Waals surface area contributed by atoms with Crippen molar-refractivity contribution in [3.05, 3.63) is 18.2 Å². The molecule has 0 aliphatic carbocycles. The van der Waals surface area contributed by atoms with E-state index >= 15 is 0 Å². The summed E-state index contributed by atoms with van der Waals surface area (Å²) in [7, 11) is -3.34. The van der Waals surface area contributed by atoms with Crippen molar-refractivity contribution in [1.29, 1.82) is 0 Å². The Morgan fingerprint density at radius 2 is 2.17 bits per heavy atom. The Kier molecular flexibility index (Phi) is 5.80. The fourth-order valence-electron chi connectivity index (χ4n) is 2.63. The number of nitrogens with zero attached hydrogens (tertiary/aromatic N) is 3. The van der Waals surface area contributed by atoms with Gasteiger partial charge in [0, 0.05) is 38.1 Å².